The van der Waals surface area contributed by atoms with Crippen molar-refractivity contribution in [1.29, 1.82) is 0 Å². The highest BCUT2D eigenvalue weighted by Crippen LogP contribution is 2.24. The van der Waals surface area contributed by atoms with Crippen LogP contribution in [0.4, 0.5) is 10.5 Å². The lowest BCUT2D eigenvalue weighted by atomic mass is 10.1. The molecule has 1 saturated heterocycles. The SMILES string of the molecule is CC1CN(c2ccccc2I)C(=O)NC1=O. The van der Waals surface area contributed by atoms with Crippen LogP contribution in [0, 0.1) is 9.49 Å². The minimum absolute atomic E-state index is 0.172. The predicted octanol–water partition coefficient (Wildman–Crippen LogP) is 1.98. The summed E-state index contributed by atoms with van der Waals surface area (Å²) in [5.41, 5.74) is 0.847. The molecule has 0 radical (unpaired) electrons. The van der Waals surface area contributed by atoms with Crippen molar-refractivity contribution in [2.45, 2.75) is 6.92 Å². The third-order valence-corrected chi connectivity index (χ3v) is 3.43. The predicted molar refractivity (Wildman–Crippen MR) is 69.2 cm³/mol. The maximum atomic E-state index is 11.7. The minimum Gasteiger partial charge on any atom is -0.292 e. The first-order valence-electron chi connectivity index (χ1n) is 4.96. The number of rotatable bonds is 1. The van der Waals surface area contributed by atoms with Crippen LogP contribution in [0.1, 0.15) is 6.92 Å². The molecule has 0 aromatic heterocycles. The summed E-state index contributed by atoms with van der Waals surface area (Å²) in [6, 6.07) is 7.27. The van der Waals surface area contributed by atoms with Crippen LogP contribution in [0.5, 0.6) is 0 Å². The van der Waals surface area contributed by atoms with Crippen molar-refractivity contribution >= 4 is 40.2 Å². The number of urea groups is 1. The number of amides is 3. The topological polar surface area (TPSA) is 49.4 Å². The third kappa shape index (κ3) is 2.04. The molecule has 1 heterocycles. The van der Waals surface area contributed by atoms with E-state index in [9.17, 15) is 9.59 Å². The number of nitrogens with zero attached hydrogens (tertiary/aromatic N) is 1. The molecule has 0 spiro atoms. The van der Waals surface area contributed by atoms with Gasteiger partial charge in [0.05, 0.1) is 11.6 Å². The quantitative estimate of drug-likeness (QED) is 0.801. The van der Waals surface area contributed by atoms with Crippen LogP contribution in [-0.4, -0.2) is 18.5 Å². The van der Waals surface area contributed by atoms with Gasteiger partial charge in [-0.2, -0.15) is 0 Å². The average molecular weight is 330 g/mol. The molecule has 1 aliphatic heterocycles. The van der Waals surface area contributed by atoms with Crippen LogP contribution < -0.4 is 10.2 Å². The van der Waals surface area contributed by atoms with Gasteiger partial charge in [0.15, 0.2) is 0 Å². The molecule has 0 saturated carbocycles. The number of anilines is 1. The number of para-hydroxylation sites is 1. The zero-order valence-corrected chi connectivity index (χ0v) is 10.9. The Bertz CT molecular complexity index is 447. The molecule has 3 amide bonds. The van der Waals surface area contributed by atoms with E-state index in [1.54, 1.807) is 4.90 Å². The van der Waals surface area contributed by atoms with E-state index in [1.807, 2.05) is 31.2 Å². The highest BCUT2D eigenvalue weighted by molar-refractivity contribution is 14.1. The van der Waals surface area contributed by atoms with Crippen LogP contribution in [0.15, 0.2) is 24.3 Å². The van der Waals surface area contributed by atoms with E-state index in [1.165, 1.54) is 0 Å². The Morgan fingerprint density at radius 1 is 1.38 bits per heavy atom. The summed E-state index contributed by atoms with van der Waals surface area (Å²) >= 11 is 2.18. The van der Waals surface area contributed by atoms with Crippen molar-refractivity contribution in [3.05, 3.63) is 27.8 Å². The Morgan fingerprint density at radius 2 is 2.06 bits per heavy atom. The average Bonchev–Trinajstić information content (AvgIpc) is 2.25. The first-order chi connectivity index (χ1) is 7.59. The lowest BCUT2D eigenvalue weighted by Gasteiger charge is -2.30. The summed E-state index contributed by atoms with van der Waals surface area (Å²) in [5.74, 6) is -0.374. The van der Waals surface area contributed by atoms with Crippen molar-refractivity contribution in [2.75, 3.05) is 11.4 Å². The van der Waals surface area contributed by atoms with Gasteiger partial charge >= 0.3 is 6.03 Å². The molecule has 1 aromatic carbocycles. The lowest BCUT2D eigenvalue weighted by Crippen LogP contribution is -2.54. The van der Waals surface area contributed by atoms with Crippen molar-refractivity contribution in [3.8, 4) is 0 Å². The molecule has 84 valence electrons. The fourth-order valence-corrected chi connectivity index (χ4v) is 2.29. The van der Waals surface area contributed by atoms with Crippen molar-refractivity contribution < 1.29 is 9.59 Å². The number of nitrogens with one attached hydrogen (secondary N) is 1. The highest BCUT2D eigenvalue weighted by Gasteiger charge is 2.30. The third-order valence-electron chi connectivity index (χ3n) is 2.52. The summed E-state index contributed by atoms with van der Waals surface area (Å²) in [7, 11) is 0. The second kappa shape index (κ2) is 4.40. The van der Waals surface area contributed by atoms with E-state index in [0.717, 1.165) is 9.26 Å². The number of carbonyl (C=O) groups excluding carboxylic acids is 2. The van der Waals surface area contributed by atoms with Gasteiger partial charge in [0.25, 0.3) is 0 Å². The molecule has 1 fully saturated rings. The van der Waals surface area contributed by atoms with Crippen molar-refractivity contribution in [1.82, 2.24) is 5.32 Å². The fourth-order valence-electron chi connectivity index (χ4n) is 1.61. The maximum Gasteiger partial charge on any atom is 0.328 e. The molecule has 0 bridgehead atoms. The smallest absolute Gasteiger partial charge is 0.292 e. The molecule has 0 aliphatic carbocycles. The van der Waals surface area contributed by atoms with E-state index < -0.39 is 0 Å². The Kier molecular flexibility index (Phi) is 3.13. The molecule has 1 N–H and O–H groups in total. The van der Waals surface area contributed by atoms with Crippen LogP contribution in [0.3, 0.4) is 0 Å². The molecule has 5 heteroatoms. The molecule has 1 aromatic rings. The Morgan fingerprint density at radius 3 is 2.75 bits per heavy atom. The number of hydrogen-bond acceptors (Lipinski definition) is 2. The Labute approximate surface area is 107 Å². The van der Waals surface area contributed by atoms with E-state index >= 15 is 0 Å². The van der Waals surface area contributed by atoms with Gasteiger partial charge in [-0.25, -0.2) is 4.79 Å². The van der Waals surface area contributed by atoms with Crippen LogP contribution in [-0.2, 0) is 4.79 Å². The molecule has 1 atom stereocenters. The first-order valence-corrected chi connectivity index (χ1v) is 6.04. The number of imide groups is 1. The van der Waals surface area contributed by atoms with E-state index in [4.69, 9.17) is 0 Å². The van der Waals surface area contributed by atoms with Gasteiger partial charge in [0.1, 0.15) is 0 Å². The highest BCUT2D eigenvalue weighted by atomic mass is 127. The zero-order chi connectivity index (χ0) is 11.7. The van der Waals surface area contributed by atoms with Crippen LogP contribution in [0.2, 0.25) is 0 Å². The molecular weight excluding hydrogens is 319 g/mol. The monoisotopic (exact) mass is 330 g/mol. The molecule has 1 aliphatic rings. The summed E-state index contributed by atoms with van der Waals surface area (Å²) in [4.78, 5) is 24.6. The van der Waals surface area contributed by atoms with Gasteiger partial charge < -0.3 is 0 Å². The number of halogens is 1. The van der Waals surface area contributed by atoms with Gasteiger partial charge in [-0.15, -0.1) is 0 Å². The molecule has 16 heavy (non-hydrogen) atoms. The lowest BCUT2D eigenvalue weighted by molar-refractivity contribution is -0.123. The molecule has 4 nitrogen and oxygen atoms in total. The first kappa shape index (κ1) is 11.4. The minimum atomic E-state index is -0.341. The second-order valence-electron chi connectivity index (χ2n) is 3.76. The van der Waals surface area contributed by atoms with Gasteiger partial charge in [0, 0.05) is 10.1 Å². The largest absolute Gasteiger partial charge is 0.328 e. The molecule has 1 unspecified atom stereocenters. The van der Waals surface area contributed by atoms with Gasteiger partial charge in [0.2, 0.25) is 5.91 Å². The van der Waals surface area contributed by atoms with Crippen LogP contribution in [0.25, 0.3) is 0 Å². The van der Waals surface area contributed by atoms with Gasteiger partial charge in [-0.1, -0.05) is 19.1 Å². The number of carbonyl (C=O) groups is 2. The van der Waals surface area contributed by atoms with Crippen molar-refractivity contribution in [2.24, 2.45) is 5.92 Å². The van der Waals surface area contributed by atoms with E-state index in [0.29, 0.717) is 6.54 Å². The molecule has 2 rings (SSSR count). The Balaban J connectivity index is 2.31. The summed E-state index contributed by atoms with van der Waals surface area (Å²) in [6.07, 6.45) is 0. The second-order valence-corrected chi connectivity index (χ2v) is 4.92. The maximum absolute atomic E-state index is 11.7. The van der Waals surface area contributed by atoms with Crippen LogP contribution >= 0.6 is 22.6 Å². The van der Waals surface area contributed by atoms with Gasteiger partial charge in [-0.05, 0) is 34.7 Å². The number of hydrogen-bond donors (Lipinski definition) is 1. The summed E-state index contributed by atoms with van der Waals surface area (Å²) < 4.78 is 0.997. The summed E-state index contributed by atoms with van der Waals surface area (Å²) in [5, 5.41) is 2.35. The Hall–Kier alpha value is -1.11. The summed E-state index contributed by atoms with van der Waals surface area (Å²) in [6.45, 7) is 2.25. The molecular formula is C11H11IN2O2. The van der Waals surface area contributed by atoms with Crippen molar-refractivity contribution in [3.63, 3.8) is 0 Å². The number of benzene rings is 1. The normalized spacial score (nSPS) is 20.9. The standard InChI is InChI=1S/C11H11IN2O2/c1-7-6-14(11(16)13-10(7)15)9-5-3-2-4-8(9)12/h2-5,7H,6H2,1H3,(H,13,15,16). The van der Waals surface area contributed by atoms with E-state index in [2.05, 4.69) is 27.9 Å². The van der Waals surface area contributed by atoms with E-state index in [-0.39, 0.29) is 17.9 Å². The fraction of sp³-hybridized carbons (Fsp3) is 0.273. The zero-order valence-electron chi connectivity index (χ0n) is 8.74. The van der Waals surface area contributed by atoms with Gasteiger partial charge in [-0.3, -0.25) is 15.0 Å².